The Balaban J connectivity index is 1.11. The minimum absolute atomic E-state index is 0.125. The average Bonchev–Trinajstić information content (AvgIpc) is 3.97. The predicted octanol–water partition coefficient (Wildman–Crippen LogP) is 8.21. The van der Waals surface area contributed by atoms with Crippen molar-refractivity contribution in [3.05, 3.63) is 165 Å². The maximum atomic E-state index is 13.5. The number of carbonyl (C=O) groups excluding carboxylic acids is 1. The van der Waals surface area contributed by atoms with Gasteiger partial charge in [0.1, 0.15) is 16.6 Å². The summed E-state index contributed by atoms with van der Waals surface area (Å²) in [5.74, 6) is 0.128. The number of aromatic nitrogens is 4. The van der Waals surface area contributed by atoms with Gasteiger partial charge in [-0.25, -0.2) is 14.4 Å². The van der Waals surface area contributed by atoms with Gasteiger partial charge in [0.05, 0.1) is 24.4 Å². The van der Waals surface area contributed by atoms with E-state index in [1.807, 2.05) is 60.7 Å². The smallest absolute Gasteiger partial charge is 0.219 e. The van der Waals surface area contributed by atoms with Crippen molar-refractivity contribution in [3.8, 4) is 22.6 Å². The van der Waals surface area contributed by atoms with E-state index in [0.29, 0.717) is 39.8 Å². The third-order valence-corrected chi connectivity index (χ3v) is 8.15. The van der Waals surface area contributed by atoms with Crippen LogP contribution in [0.4, 0.5) is 10.2 Å². The summed E-state index contributed by atoms with van der Waals surface area (Å²) in [4.78, 5) is 40.4. The molecule has 3 aromatic carbocycles. The van der Waals surface area contributed by atoms with Crippen LogP contribution < -0.4 is 10.2 Å². The maximum absolute atomic E-state index is 13.5. The first-order valence-corrected chi connectivity index (χ1v) is 15.7. The third-order valence-electron chi connectivity index (χ3n) is 7.79. The van der Waals surface area contributed by atoms with E-state index < -0.39 is 17.0 Å². The molecule has 6 aromatic rings. The maximum Gasteiger partial charge on any atom is 0.219 e. The van der Waals surface area contributed by atoms with E-state index in [9.17, 15) is 14.0 Å². The van der Waals surface area contributed by atoms with E-state index >= 15 is 0 Å². The van der Waals surface area contributed by atoms with Crippen LogP contribution in [0, 0.1) is 5.82 Å². The molecule has 8 nitrogen and oxygen atoms in total. The lowest BCUT2D eigenvalue weighted by Gasteiger charge is -2.11. The van der Waals surface area contributed by atoms with Crippen LogP contribution in [0.25, 0.3) is 11.1 Å². The van der Waals surface area contributed by atoms with E-state index in [-0.39, 0.29) is 23.2 Å². The summed E-state index contributed by atoms with van der Waals surface area (Å²) < 4.78 is 21.3. The fourth-order valence-corrected chi connectivity index (χ4v) is 5.36. The van der Waals surface area contributed by atoms with Crippen LogP contribution in [-0.2, 0) is 6.42 Å². The standard InChI is InChI=1S/C38H27ClFN5O3/c39-34-33(19-20-41-38(34)43-35(25-7-3-1-4-8-25)26-9-5-2-6-10-26)48-30-18-15-28(42-22-30)21-32(46)36-37(47)31(23-45(44-36)29-16-17-29)24-11-13-27(40)14-12-24/h1-15,18-20,22-23,29H,16-17,21H2. The van der Waals surface area contributed by atoms with Crippen molar-refractivity contribution in [1.29, 1.82) is 0 Å². The highest BCUT2D eigenvalue weighted by molar-refractivity contribution is 6.34. The molecule has 48 heavy (non-hydrogen) atoms. The first-order chi connectivity index (χ1) is 23.4. The number of carbonyl (C=O) groups is 1. The molecule has 0 radical (unpaired) electrons. The van der Waals surface area contributed by atoms with Crippen molar-refractivity contribution in [2.45, 2.75) is 25.3 Å². The minimum atomic E-state index is -0.503. The SMILES string of the molecule is O=C(Cc1ccc(Oc2ccnc(N=C(c3ccccc3)c3ccccc3)c2Cl)cn1)c1nn(C2CC2)cc(-c2ccc(F)cc2)c1=O. The van der Waals surface area contributed by atoms with Gasteiger partial charge in [-0.05, 0) is 42.7 Å². The van der Waals surface area contributed by atoms with Crippen LogP contribution in [-0.4, -0.2) is 31.2 Å². The molecule has 0 aliphatic heterocycles. The number of pyridine rings is 2. The van der Waals surface area contributed by atoms with E-state index in [1.165, 1.54) is 30.5 Å². The highest BCUT2D eigenvalue weighted by Crippen LogP contribution is 2.36. The van der Waals surface area contributed by atoms with Crippen LogP contribution in [0.1, 0.15) is 46.2 Å². The number of ether oxygens (including phenoxy) is 1. The number of halogens is 2. The molecule has 1 saturated carbocycles. The minimum Gasteiger partial charge on any atom is -0.454 e. The van der Waals surface area contributed by atoms with Crippen molar-refractivity contribution >= 4 is 28.9 Å². The molecule has 1 fully saturated rings. The zero-order valence-corrected chi connectivity index (χ0v) is 26.2. The second-order valence-corrected chi connectivity index (χ2v) is 11.6. The lowest BCUT2D eigenvalue weighted by atomic mass is 10.0. The molecule has 3 aromatic heterocycles. The van der Waals surface area contributed by atoms with Crippen LogP contribution in [0.5, 0.6) is 11.5 Å². The Morgan fingerprint density at radius 1 is 0.896 bits per heavy atom. The molecule has 1 aliphatic rings. The number of Topliss-reactive ketones (excluding diaryl/α,β-unsaturated/α-hetero) is 1. The Hall–Kier alpha value is -5.80. The first kappa shape index (κ1) is 30.8. The van der Waals surface area contributed by atoms with Crippen molar-refractivity contribution in [2.24, 2.45) is 4.99 Å². The van der Waals surface area contributed by atoms with Crippen LogP contribution >= 0.6 is 11.6 Å². The Morgan fingerprint density at radius 2 is 1.58 bits per heavy atom. The van der Waals surface area contributed by atoms with Gasteiger partial charge in [0.2, 0.25) is 5.43 Å². The monoisotopic (exact) mass is 655 g/mol. The lowest BCUT2D eigenvalue weighted by molar-refractivity contribution is 0.0983. The van der Waals surface area contributed by atoms with Gasteiger partial charge in [-0.2, -0.15) is 5.10 Å². The Labute approximate surface area is 280 Å². The summed E-state index contributed by atoms with van der Waals surface area (Å²) in [5, 5.41) is 4.60. The van der Waals surface area contributed by atoms with Gasteiger partial charge in [0.25, 0.3) is 0 Å². The Kier molecular flexibility index (Phi) is 8.68. The summed E-state index contributed by atoms with van der Waals surface area (Å²) in [6.45, 7) is 0. The van der Waals surface area contributed by atoms with Crippen molar-refractivity contribution in [3.63, 3.8) is 0 Å². The first-order valence-electron chi connectivity index (χ1n) is 15.3. The van der Waals surface area contributed by atoms with Crippen molar-refractivity contribution < 1.29 is 13.9 Å². The van der Waals surface area contributed by atoms with Crippen molar-refractivity contribution in [1.82, 2.24) is 19.7 Å². The fourth-order valence-electron chi connectivity index (χ4n) is 5.17. The molecule has 0 unspecified atom stereocenters. The third kappa shape index (κ3) is 6.82. The number of nitrogens with zero attached hydrogens (tertiary/aromatic N) is 5. The van der Waals surface area contributed by atoms with Crippen LogP contribution in [0.3, 0.4) is 0 Å². The highest BCUT2D eigenvalue weighted by Gasteiger charge is 2.27. The highest BCUT2D eigenvalue weighted by atomic mass is 35.5. The molecule has 0 spiro atoms. The zero-order valence-electron chi connectivity index (χ0n) is 25.5. The normalized spacial score (nSPS) is 12.4. The number of rotatable bonds is 10. The molecular weight excluding hydrogens is 629 g/mol. The molecule has 0 atom stereocenters. The van der Waals surface area contributed by atoms with Gasteiger partial charge < -0.3 is 4.74 Å². The molecular formula is C38H27ClFN5O3. The number of hydrogen-bond donors (Lipinski definition) is 0. The Bertz CT molecular complexity index is 2140. The van der Waals surface area contributed by atoms with E-state index in [0.717, 1.165) is 24.0 Å². The summed E-state index contributed by atoms with van der Waals surface area (Å²) in [7, 11) is 0. The van der Waals surface area contributed by atoms with Gasteiger partial charge in [-0.3, -0.25) is 19.3 Å². The van der Waals surface area contributed by atoms with Crippen LogP contribution in [0.2, 0.25) is 5.02 Å². The van der Waals surface area contributed by atoms with Crippen molar-refractivity contribution in [2.75, 3.05) is 0 Å². The van der Waals surface area contributed by atoms with Gasteiger partial charge in [-0.15, -0.1) is 0 Å². The second kappa shape index (κ2) is 13.5. The molecule has 0 N–H and O–H groups in total. The number of ketones is 1. The number of aliphatic imine (C=N–C) groups is 1. The summed E-state index contributed by atoms with van der Waals surface area (Å²) in [5.41, 5.74) is 3.10. The molecule has 0 saturated heterocycles. The zero-order chi connectivity index (χ0) is 33.0. The average molecular weight is 656 g/mol. The predicted molar refractivity (Wildman–Crippen MR) is 182 cm³/mol. The largest absolute Gasteiger partial charge is 0.454 e. The van der Waals surface area contributed by atoms with Gasteiger partial charge >= 0.3 is 0 Å². The fraction of sp³-hybridized carbons (Fsp3) is 0.105. The Morgan fingerprint density at radius 3 is 2.21 bits per heavy atom. The summed E-state index contributed by atoms with van der Waals surface area (Å²) in [6.07, 6.45) is 6.36. The molecule has 1 aliphatic carbocycles. The second-order valence-electron chi connectivity index (χ2n) is 11.3. The van der Waals surface area contributed by atoms with Crippen LogP contribution in [0.15, 0.2) is 132 Å². The van der Waals surface area contributed by atoms with Gasteiger partial charge in [-0.1, -0.05) is 84.4 Å². The lowest BCUT2D eigenvalue weighted by Crippen LogP contribution is -2.25. The van der Waals surface area contributed by atoms with Gasteiger partial charge in [0, 0.05) is 40.8 Å². The molecule has 3 heterocycles. The molecule has 7 rings (SSSR count). The summed E-state index contributed by atoms with van der Waals surface area (Å²) >= 11 is 6.75. The number of hydrogen-bond acceptors (Lipinski definition) is 7. The number of benzene rings is 3. The molecule has 0 amide bonds. The quantitative estimate of drug-likeness (QED) is 0.109. The van der Waals surface area contributed by atoms with E-state index in [2.05, 4.69) is 15.1 Å². The molecule has 236 valence electrons. The summed E-state index contributed by atoms with van der Waals surface area (Å²) in [6, 6.07) is 30.2. The molecule has 0 bridgehead atoms. The van der Waals surface area contributed by atoms with E-state index in [1.54, 1.807) is 35.3 Å². The topological polar surface area (TPSA) is 99.3 Å². The molecule has 10 heteroatoms. The van der Waals surface area contributed by atoms with Gasteiger partial charge in [0.15, 0.2) is 23.0 Å². The van der Waals surface area contributed by atoms with E-state index in [4.69, 9.17) is 21.3 Å².